The zero-order valence-electron chi connectivity index (χ0n) is 15.2. The lowest BCUT2D eigenvalue weighted by Gasteiger charge is -2.33. The first-order valence-electron chi connectivity index (χ1n) is 8.53. The summed E-state index contributed by atoms with van der Waals surface area (Å²) >= 11 is 0. The van der Waals surface area contributed by atoms with Crippen LogP contribution in [-0.2, 0) is 9.53 Å². The Morgan fingerprint density at radius 3 is 2.58 bits per heavy atom. The molecule has 0 aromatic heterocycles. The van der Waals surface area contributed by atoms with Crippen molar-refractivity contribution < 1.29 is 14.3 Å². The molecule has 1 heterocycles. The number of likely N-dealkylation sites (tertiary alicyclic amines) is 1. The van der Waals surface area contributed by atoms with Crippen molar-refractivity contribution in [3.8, 4) is 0 Å². The standard InChI is InChI=1S/C19H28N2O3/c1-13(2)17-15(14-8-6-7-9-16(14)20-12-22)10-11-21(17)18(23)24-19(3,4)5/h6-9,12-13,15,17H,10-11H2,1-5H3,(H,20,22). The van der Waals surface area contributed by atoms with Crippen LogP contribution in [0.2, 0.25) is 0 Å². The summed E-state index contributed by atoms with van der Waals surface area (Å²) in [5, 5.41) is 2.78. The highest BCUT2D eigenvalue weighted by atomic mass is 16.6. The Morgan fingerprint density at radius 2 is 2.00 bits per heavy atom. The molecule has 2 amide bonds. The Balaban J connectivity index is 2.30. The van der Waals surface area contributed by atoms with E-state index >= 15 is 0 Å². The fraction of sp³-hybridized carbons (Fsp3) is 0.579. The number of rotatable bonds is 4. The number of nitrogens with zero attached hydrogens (tertiary/aromatic N) is 1. The normalized spacial score (nSPS) is 21.0. The van der Waals surface area contributed by atoms with E-state index in [2.05, 4.69) is 19.2 Å². The van der Waals surface area contributed by atoms with Gasteiger partial charge in [0.25, 0.3) is 0 Å². The van der Waals surface area contributed by atoms with Crippen molar-refractivity contribution >= 4 is 18.2 Å². The smallest absolute Gasteiger partial charge is 0.410 e. The predicted molar refractivity (Wildman–Crippen MR) is 95.1 cm³/mol. The van der Waals surface area contributed by atoms with E-state index in [-0.39, 0.29) is 24.0 Å². The van der Waals surface area contributed by atoms with E-state index in [0.717, 1.165) is 17.7 Å². The molecular formula is C19H28N2O3. The highest BCUT2D eigenvalue weighted by Gasteiger charge is 2.41. The number of carbonyl (C=O) groups excluding carboxylic acids is 2. The van der Waals surface area contributed by atoms with Crippen molar-refractivity contribution in [3.05, 3.63) is 29.8 Å². The summed E-state index contributed by atoms with van der Waals surface area (Å²) in [5.74, 6) is 0.468. The molecule has 132 valence electrons. The van der Waals surface area contributed by atoms with E-state index in [4.69, 9.17) is 4.74 Å². The topological polar surface area (TPSA) is 58.6 Å². The Kier molecular flexibility index (Phi) is 5.52. The van der Waals surface area contributed by atoms with Crippen LogP contribution < -0.4 is 5.32 Å². The van der Waals surface area contributed by atoms with Crippen LogP contribution in [0.15, 0.2) is 24.3 Å². The van der Waals surface area contributed by atoms with Crippen LogP contribution in [0.5, 0.6) is 0 Å². The van der Waals surface area contributed by atoms with Crippen molar-refractivity contribution in [1.29, 1.82) is 0 Å². The maximum absolute atomic E-state index is 12.6. The van der Waals surface area contributed by atoms with Crippen molar-refractivity contribution in [2.45, 2.75) is 58.6 Å². The second-order valence-corrected chi connectivity index (χ2v) is 7.65. The van der Waals surface area contributed by atoms with E-state index in [1.54, 1.807) is 0 Å². The highest BCUT2D eigenvalue weighted by molar-refractivity contribution is 5.74. The summed E-state index contributed by atoms with van der Waals surface area (Å²) < 4.78 is 5.58. The number of carbonyl (C=O) groups is 2. The van der Waals surface area contributed by atoms with E-state index in [9.17, 15) is 9.59 Å². The molecule has 24 heavy (non-hydrogen) atoms. The molecular weight excluding hydrogens is 304 g/mol. The van der Waals surface area contributed by atoms with E-state index in [1.165, 1.54) is 0 Å². The molecule has 2 rings (SSSR count). The van der Waals surface area contributed by atoms with Gasteiger partial charge in [-0.3, -0.25) is 4.79 Å². The maximum atomic E-state index is 12.6. The van der Waals surface area contributed by atoms with Crippen molar-refractivity contribution in [2.24, 2.45) is 5.92 Å². The van der Waals surface area contributed by atoms with Gasteiger partial charge in [-0.15, -0.1) is 0 Å². The quantitative estimate of drug-likeness (QED) is 0.848. The summed E-state index contributed by atoms with van der Waals surface area (Å²) in [6.45, 7) is 10.6. The average molecular weight is 332 g/mol. The van der Waals surface area contributed by atoms with Crippen molar-refractivity contribution in [3.63, 3.8) is 0 Å². The Morgan fingerprint density at radius 1 is 1.33 bits per heavy atom. The summed E-state index contributed by atoms with van der Waals surface area (Å²) in [5.41, 5.74) is 1.39. The number of hydrogen-bond acceptors (Lipinski definition) is 3. The van der Waals surface area contributed by atoms with Crippen LogP contribution in [0.1, 0.15) is 52.5 Å². The third-order valence-electron chi connectivity index (χ3n) is 4.34. The molecule has 5 nitrogen and oxygen atoms in total. The van der Waals surface area contributed by atoms with E-state index < -0.39 is 5.60 Å². The molecule has 1 fully saturated rings. The molecule has 0 saturated carbocycles. The number of ether oxygens (including phenoxy) is 1. The van der Waals surface area contributed by atoms with Gasteiger partial charge in [-0.2, -0.15) is 0 Å². The van der Waals surface area contributed by atoms with Gasteiger partial charge in [0.05, 0.1) is 0 Å². The van der Waals surface area contributed by atoms with Crippen molar-refractivity contribution in [1.82, 2.24) is 4.90 Å². The monoisotopic (exact) mass is 332 g/mol. The van der Waals surface area contributed by atoms with E-state index in [0.29, 0.717) is 13.0 Å². The highest BCUT2D eigenvalue weighted by Crippen LogP contribution is 2.40. The fourth-order valence-electron chi connectivity index (χ4n) is 3.53. The zero-order chi connectivity index (χ0) is 17.9. The van der Waals surface area contributed by atoms with Crippen LogP contribution in [0.3, 0.4) is 0 Å². The van der Waals surface area contributed by atoms with Crippen LogP contribution >= 0.6 is 0 Å². The fourth-order valence-corrected chi connectivity index (χ4v) is 3.53. The van der Waals surface area contributed by atoms with Crippen LogP contribution in [-0.4, -0.2) is 35.6 Å². The van der Waals surface area contributed by atoms with Gasteiger partial charge in [0.15, 0.2) is 0 Å². The first kappa shape index (κ1) is 18.3. The number of amides is 2. The second-order valence-electron chi connectivity index (χ2n) is 7.65. The molecule has 0 spiro atoms. The van der Waals surface area contributed by atoms with Gasteiger partial charge >= 0.3 is 6.09 Å². The number of hydrogen-bond donors (Lipinski definition) is 1. The molecule has 0 aliphatic carbocycles. The van der Waals surface area contributed by atoms with Gasteiger partial charge in [-0.1, -0.05) is 32.0 Å². The third-order valence-corrected chi connectivity index (χ3v) is 4.34. The lowest BCUT2D eigenvalue weighted by Crippen LogP contribution is -2.43. The lowest BCUT2D eigenvalue weighted by atomic mass is 9.85. The second kappa shape index (κ2) is 7.24. The minimum atomic E-state index is -0.506. The summed E-state index contributed by atoms with van der Waals surface area (Å²) in [6, 6.07) is 7.86. The molecule has 1 aromatic carbocycles. The van der Waals surface area contributed by atoms with Crippen LogP contribution in [0, 0.1) is 5.92 Å². The van der Waals surface area contributed by atoms with E-state index in [1.807, 2.05) is 49.9 Å². The minimum absolute atomic E-state index is 0.0504. The molecule has 1 aliphatic rings. The molecule has 1 N–H and O–H groups in total. The third kappa shape index (κ3) is 4.08. The van der Waals surface area contributed by atoms with Gasteiger partial charge in [-0.25, -0.2) is 4.79 Å². The zero-order valence-corrected chi connectivity index (χ0v) is 15.2. The Labute approximate surface area is 144 Å². The molecule has 0 radical (unpaired) electrons. The molecule has 1 aromatic rings. The summed E-state index contributed by atoms with van der Waals surface area (Å²) in [4.78, 5) is 25.3. The van der Waals surface area contributed by atoms with Gasteiger partial charge < -0.3 is 15.0 Å². The number of nitrogens with one attached hydrogen (secondary N) is 1. The van der Waals surface area contributed by atoms with Gasteiger partial charge in [0.1, 0.15) is 5.60 Å². The van der Waals surface area contributed by atoms with Gasteiger partial charge in [0.2, 0.25) is 6.41 Å². The largest absolute Gasteiger partial charge is 0.444 e. The number of anilines is 1. The average Bonchev–Trinajstić information content (AvgIpc) is 2.91. The first-order chi connectivity index (χ1) is 11.2. The number of para-hydroxylation sites is 1. The molecule has 5 heteroatoms. The lowest BCUT2D eigenvalue weighted by molar-refractivity contribution is -0.105. The SMILES string of the molecule is CC(C)C1C(c2ccccc2NC=O)CCN1C(=O)OC(C)(C)C. The molecule has 2 unspecified atom stereocenters. The van der Waals surface area contributed by atoms with Crippen molar-refractivity contribution in [2.75, 3.05) is 11.9 Å². The number of benzene rings is 1. The summed E-state index contributed by atoms with van der Waals surface area (Å²) in [7, 11) is 0. The minimum Gasteiger partial charge on any atom is -0.444 e. The Bertz CT molecular complexity index is 593. The molecule has 1 aliphatic heterocycles. The van der Waals surface area contributed by atoms with Crippen LogP contribution in [0.4, 0.5) is 10.5 Å². The molecule has 2 atom stereocenters. The maximum Gasteiger partial charge on any atom is 0.410 e. The van der Waals surface area contributed by atoms with Crippen LogP contribution in [0.25, 0.3) is 0 Å². The van der Waals surface area contributed by atoms with Gasteiger partial charge in [-0.05, 0) is 44.7 Å². The van der Waals surface area contributed by atoms with Gasteiger partial charge in [0, 0.05) is 24.2 Å². The summed E-state index contributed by atoms with van der Waals surface area (Å²) in [6.07, 6.45) is 1.30. The predicted octanol–water partition coefficient (Wildman–Crippen LogP) is 4.00. The Hall–Kier alpha value is -2.04. The molecule has 1 saturated heterocycles. The molecule has 0 bridgehead atoms. The first-order valence-corrected chi connectivity index (χ1v) is 8.53.